The molecule has 0 aliphatic rings. The third-order valence-corrected chi connectivity index (χ3v) is 4.12. The Morgan fingerprint density at radius 3 is 1.28 bits per heavy atom. The molecule has 0 atom stereocenters. The number of aliphatic carboxylic acids is 1. The minimum atomic E-state index is -0.833. The van der Waals surface area contributed by atoms with Gasteiger partial charge in [0.05, 0.1) is 22.8 Å². The van der Waals surface area contributed by atoms with Crippen molar-refractivity contribution in [2.24, 2.45) is 0 Å². The summed E-state index contributed by atoms with van der Waals surface area (Å²) >= 11 is 0. The molecule has 3 N–H and O–H groups in total. The largest absolute Gasteiger partial charge is 0.507 e. The Hall–Kier alpha value is -3.67. The number of aromatic hydroxyl groups is 2. The number of phenolic OH excluding ortho intramolecular Hbond substituents is 2. The van der Waals surface area contributed by atoms with Crippen molar-refractivity contribution in [3.8, 4) is 45.4 Å². The maximum absolute atomic E-state index is 10.1. The van der Waals surface area contributed by atoms with E-state index < -0.39 is 5.97 Å². The predicted molar refractivity (Wildman–Crippen MR) is 122 cm³/mol. The minimum Gasteiger partial charge on any atom is -0.507 e. The summed E-state index contributed by atoms with van der Waals surface area (Å²) in [6.07, 6.45) is 0. The smallest absolute Gasteiger partial charge is 0.300 e. The summed E-state index contributed by atoms with van der Waals surface area (Å²) in [7, 11) is 0. The maximum Gasteiger partial charge on any atom is 0.300 e. The second kappa shape index (κ2) is 12.2. The third kappa shape index (κ3) is 6.67. The van der Waals surface area contributed by atoms with Crippen LogP contribution in [0.4, 0.5) is 0 Å². The Bertz CT molecular complexity index is 1090. The molecule has 7 heteroatoms. The van der Waals surface area contributed by atoms with Crippen molar-refractivity contribution in [3.63, 3.8) is 0 Å². The van der Waals surface area contributed by atoms with Crippen LogP contribution < -0.4 is 0 Å². The van der Waals surface area contributed by atoms with Gasteiger partial charge in [-0.05, 0) is 48.5 Å². The Balaban J connectivity index is 0.000000790. The van der Waals surface area contributed by atoms with E-state index in [2.05, 4.69) is 9.97 Å². The number of nitrogens with zero attached hydrogens (tertiary/aromatic N) is 2. The van der Waals surface area contributed by atoms with E-state index in [1.54, 1.807) is 24.3 Å². The number of carbonyl (C=O) groups is 1. The molecule has 2 heterocycles. The van der Waals surface area contributed by atoms with Crippen molar-refractivity contribution >= 4 is 5.97 Å². The fraction of sp³-hybridized carbons (Fsp3) is 0.0800. The monoisotopic (exact) mass is 471 g/mol. The first-order valence-corrected chi connectivity index (χ1v) is 9.16. The average molecular weight is 471 g/mol. The zero-order chi connectivity index (χ0) is 21.5. The number of hydrogen-bond acceptors (Lipinski definition) is 5. The van der Waals surface area contributed by atoms with Crippen molar-refractivity contribution in [2.75, 3.05) is 0 Å². The normalized spacial score (nSPS) is 9.41. The van der Waals surface area contributed by atoms with Gasteiger partial charge in [-0.3, -0.25) is 4.79 Å². The maximum atomic E-state index is 10.1. The van der Waals surface area contributed by atoms with Crippen LogP contribution in [0.5, 0.6) is 11.5 Å². The molecule has 6 nitrogen and oxygen atoms in total. The van der Waals surface area contributed by atoms with E-state index >= 15 is 0 Å². The fourth-order valence-electron chi connectivity index (χ4n) is 2.84. The molecule has 1 radical (unpaired) electrons. The SMILES string of the molecule is C.CC(=O)O.Oc1ccccc1-c1cccc(-c2cccc(-c3ccccc3O)n2)n1.[Mn]. The van der Waals surface area contributed by atoms with Gasteiger partial charge in [-0.2, -0.15) is 0 Å². The molecule has 0 aliphatic carbocycles. The summed E-state index contributed by atoms with van der Waals surface area (Å²) in [6.45, 7) is 1.08. The van der Waals surface area contributed by atoms with Gasteiger partial charge in [0.25, 0.3) is 5.97 Å². The predicted octanol–water partition coefficient (Wildman–Crippen LogP) is 5.61. The van der Waals surface area contributed by atoms with Crippen molar-refractivity contribution in [1.29, 1.82) is 0 Å². The molecule has 2 aromatic heterocycles. The summed E-state index contributed by atoms with van der Waals surface area (Å²) < 4.78 is 0. The van der Waals surface area contributed by atoms with E-state index in [-0.39, 0.29) is 36.0 Å². The minimum absolute atomic E-state index is 0. The van der Waals surface area contributed by atoms with Gasteiger partial charge >= 0.3 is 0 Å². The molecular weight excluding hydrogens is 447 g/mol. The molecule has 0 aliphatic heterocycles. The number of carboxylic acids is 1. The van der Waals surface area contributed by atoms with Crippen molar-refractivity contribution in [2.45, 2.75) is 14.4 Å². The van der Waals surface area contributed by atoms with Crippen LogP contribution in [0.1, 0.15) is 14.4 Å². The van der Waals surface area contributed by atoms with E-state index in [0.717, 1.165) is 6.92 Å². The molecule has 165 valence electrons. The first-order chi connectivity index (χ1) is 14.5. The van der Waals surface area contributed by atoms with Gasteiger partial charge in [0.1, 0.15) is 11.5 Å². The molecule has 4 rings (SSSR count). The standard InChI is InChI=1S/C22H16N2O2.C2H4O2.CH4.Mn/c25-21-13-3-1-7-15(21)17-9-5-11-19(23-17)20-12-6-10-18(24-20)16-8-2-4-14-22(16)26;1-2(3)4;;/h1-14,25-26H;1H3,(H,3,4);1H4;. The number of carboxylic acid groups (broad SMARTS) is 1. The first-order valence-electron chi connectivity index (χ1n) is 9.16. The van der Waals surface area contributed by atoms with Crippen LogP contribution >= 0.6 is 0 Å². The Labute approximate surface area is 197 Å². The number of benzene rings is 2. The molecule has 32 heavy (non-hydrogen) atoms. The van der Waals surface area contributed by atoms with Crippen LogP contribution in [0.25, 0.3) is 33.9 Å². The van der Waals surface area contributed by atoms with Crippen LogP contribution in [0.3, 0.4) is 0 Å². The summed E-state index contributed by atoms with van der Waals surface area (Å²) in [5.74, 6) is -0.457. The second-order valence-corrected chi connectivity index (χ2v) is 6.37. The number of hydrogen-bond donors (Lipinski definition) is 3. The van der Waals surface area contributed by atoms with Crippen LogP contribution in [0.15, 0.2) is 84.9 Å². The van der Waals surface area contributed by atoms with Crippen LogP contribution in [-0.4, -0.2) is 31.3 Å². The van der Waals surface area contributed by atoms with Gasteiger partial charge in [-0.15, -0.1) is 0 Å². The molecule has 0 amide bonds. The number of rotatable bonds is 3. The van der Waals surface area contributed by atoms with Gasteiger partial charge in [0.15, 0.2) is 0 Å². The Morgan fingerprint density at radius 1 is 0.625 bits per heavy atom. The van der Waals surface area contributed by atoms with Gasteiger partial charge in [-0.25, -0.2) is 9.97 Å². The summed E-state index contributed by atoms with van der Waals surface area (Å²) in [4.78, 5) is 18.3. The van der Waals surface area contributed by atoms with E-state index in [1.807, 2.05) is 60.7 Å². The number of para-hydroxylation sites is 2. The van der Waals surface area contributed by atoms with E-state index in [0.29, 0.717) is 33.9 Å². The number of pyridine rings is 2. The van der Waals surface area contributed by atoms with Gasteiger partial charge in [-0.1, -0.05) is 43.8 Å². The molecule has 0 saturated carbocycles. The molecular formula is C25H24MnN2O4. The van der Waals surface area contributed by atoms with Gasteiger partial charge in [0.2, 0.25) is 0 Å². The summed E-state index contributed by atoms with van der Waals surface area (Å²) in [5, 5.41) is 27.5. The Kier molecular flexibility index (Phi) is 10.1. The summed E-state index contributed by atoms with van der Waals surface area (Å²) in [5.41, 5.74) is 4.09. The topological polar surface area (TPSA) is 104 Å². The second-order valence-electron chi connectivity index (χ2n) is 6.37. The van der Waals surface area contributed by atoms with Gasteiger partial charge in [0, 0.05) is 35.1 Å². The molecule has 0 spiro atoms. The zero-order valence-electron chi connectivity index (χ0n) is 16.6. The molecule has 0 unspecified atom stereocenters. The Morgan fingerprint density at radius 2 is 0.938 bits per heavy atom. The van der Waals surface area contributed by atoms with E-state index in [1.165, 1.54) is 0 Å². The summed E-state index contributed by atoms with van der Waals surface area (Å²) in [6, 6.07) is 25.4. The van der Waals surface area contributed by atoms with Crippen molar-refractivity contribution in [1.82, 2.24) is 9.97 Å². The molecule has 0 saturated heterocycles. The molecule has 2 aromatic carbocycles. The molecule has 0 bridgehead atoms. The van der Waals surface area contributed by atoms with Crippen LogP contribution in [0.2, 0.25) is 0 Å². The van der Waals surface area contributed by atoms with E-state index in [9.17, 15) is 10.2 Å². The number of aromatic nitrogens is 2. The molecule has 0 fully saturated rings. The fourth-order valence-corrected chi connectivity index (χ4v) is 2.84. The molecule has 4 aromatic rings. The zero-order valence-corrected chi connectivity index (χ0v) is 17.8. The van der Waals surface area contributed by atoms with Crippen molar-refractivity contribution < 1.29 is 37.2 Å². The third-order valence-electron chi connectivity index (χ3n) is 4.12. The number of phenols is 2. The average Bonchev–Trinajstić information content (AvgIpc) is 2.74. The van der Waals surface area contributed by atoms with Crippen LogP contribution in [-0.2, 0) is 21.9 Å². The van der Waals surface area contributed by atoms with Crippen LogP contribution in [0, 0.1) is 0 Å². The van der Waals surface area contributed by atoms with Crippen molar-refractivity contribution in [3.05, 3.63) is 84.9 Å². The van der Waals surface area contributed by atoms with E-state index in [4.69, 9.17) is 9.90 Å². The quantitative estimate of drug-likeness (QED) is 0.336. The van der Waals surface area contributed by atoms with Gasteiger partial charge < -0.3 is 15.3 Å². The first kappa shape index (κ1) is 26.4.